The molecule has 1 nitrogen and oxygen atoms in total. The molecule has 0 aliphatic heterocycles. The Morgan fingerprint density at radius 1 is 1.11 bits per heavy atom. The van der Waals surface area contributed by atoms with Gasteiger partial charge in [0.25, 0.3) is 0 Å². The number of nitriles is 1. The Balaban J connectivity index is 0.000000861. The van der Waals surface area contributed by atoms with Crippen molar-refractivity contribution in [2.75, 3.05) is 0 Å². The van der Waals surface area contributed by atoms with Crippen LogP contribution in [-0.2, 0) is 0 Å². The van der Waals surface area contributed by atoms with Crippen molar-refractivity contribution < 1.29 is 0 Å². The highest BCUT2D eigenvalue weighted by atomic mass is 14.3. The molecule has 1 atom stereocenters. The van der Waals surface area contributed by atoms with Crippen molar-refractivity contribution in [3.63, 3.8) is 0 Å². The third-order valence-corrected chi connectivity index (χ3v) is 4.59. The zero-order valence-electron chi connectivity index (χ0n) is 12.4. The van der Waals surface area contributed by atoms with Gasteiger partial charge in [0, 0.05) is 6.57 Å². The van der Waals surface area contributed by atoms with Gasteiger partial charge in [-0.05, 0) is 49.0 Å². The third kappa shape index (κ3) is 4.71. The van der Waals surface area contributed by atoms with Crippen molar-refractivity contribution in [3.05, 3.63) is 35.9 Å². The predicted molar refractivity (Wildman–Crippen MR) is 81.9 cm³/mol. The summed E-state index contributed by atoms with van der Waals surface area (Å²) in [6.45, 7) is 8.27. The molecule has 1 aliphatic carbocycles. The summed E-state index contributed by atoms with van der Waals surface area (Å²) < 4.78 is 0. The monoisotopic (exact) mass is 257 g/mol. The fraction of sp³-hybridized carbons (Fsp3) is 0.611. The first-order valence-corrected chi connectivity index (χ1v) is 7.62. The van der Waals surface area contributed by atoms with E-state index in [1.54, 1.807) is 5.56 Å². The molecular formula is C18H27N. The topological polar surface area (TPSA) is 23.8 Å². The molecule has 0 spiro atoms. The summed E-state index contributed by atoms with van der Waals surface area (Å²) in [7, 11) is 0. The number of hydrogen-bond acceptors (Lipinski definition) is 1. The Bertz CT molecular complexity index is 346. The lowest BCUT2D eigenvalue weighted by Gasteiger charge is -2.32. The van der Waals surface area contributed by atoms with Crippen molar-refractivity contribution >= 4 is 0 Å². The number of nitrogens with zero attached hydrogens (tertiary/aromatic N) is 1. The van der Waals surface area contributed by atoms with Crippen molar-refractivity contribution in [1.29, 1.82) is 5.26 Å². The molecule has 0 aromatic heterocycles. The van der Waals surface area contributed by atoms with Crippen molar-refractivity contribution in [1.82, 2.24) is 0 Å². The highest BCUT2D eigenvalue weighted by Crippen LogP contribution is 2.39. The van der Waals surface area contributed by atoms with E-state index < -0.39 is 0 Å². The summed E-state index contributed by atoms with van der Waals surface area (Å²) in [5.41, 5.74) is 1.56. The molecule has 2 rings (SSSR count). The molecule has 104 valence electrons. The van der Waals surface area contributed by atoms with Gasteiger partial charge < -0.3 is 0 Å². The maximum atomic E-state index is 6.50. The predicted octanol–water partition coefficient (Wildman–Crippen LogP) is 5.54. The van der Waals surface area contributed by atoms with Crippen LogP contribution in [0.2, 0.25) is 0 Å². The standard InChI is InChI=1S/C17H26.CHN/c1-3-7-14(2)15-10-12-17(13-11-15)16-8-5-4-6-9-16;1-2/h4-6,8-9,14-15,17H,3,7,10-13H2,1-2H3;1H. The van der Waals surface area contributed by atoms with Gasteiger partial charge in [0.1, 0.15) is 0 Å². The van der Waals surface area contributed by atoms with Gasteiger partial charge in [-0.2, -0.15) is 0 Å². The maximum absolute atomic E-state index is 6.50. The highest BCUT2D eigenvalue weighted by molar-refractivity contribution is 5.19. The summed E-state index contributed by atoms with van der Waals surface area (Å²) in [4.78, 5) is 0. The summed E-state index contributed by atoms with van der Waals surface area (Å²) in [5.74, 6) is 2.77. The fourth-order valence-corrected chi connectivity index (χ4v) is 3.44. The van der Waals surface area contributed by atoms with E-state index in [1.807, 2.05) is 0 Å². The molecule has 1 unspecified atom stereocenters. The lowest BCUT2D eigenvalue weighted by molar-refractivity contribution is 0.235. The van der Waals surface area contributed by atoms with Crippen LogP contribution in [0, 0.1) is 23.7 Å². The van der Waals surface area contributed by atoms with Crippen LogP contribution in [0.15, 0.2) is 30.3 Å². The van der Waals surface area contributed by atoms with Gasteiger partial charge in [0.2, 0.25) is 0 Å². The Labute approximate surface area is 118 Å². The summed E-state index contributed by atoms with van der Waals surface area (Å²) in [6, 6.07) is 11.1. The first kappa shape index (κ1) is 15.8. The van der Waals surface area contributed by atoms with Gasteiger partial charge in [-0.1, -0.05) is 57.0 Å². The molecule has 1 aromatic carbocycles. The van der Waals surface area contributed by atoms with Crippen LogP contribution in [-0.4, -0.2) is 0 Å². The minimum absolute atomic E-state index is 0.835. The smallest absolute Gasteiger partial charge is 0.0462 e. The molecule has 0 N–H and O–H groups in total. The van der Waals surface area contributed by atoms with E-state index in [4.69, 9.17) is 5.26 Å². The average Bonchev–Trinajstić information content (AvgIpc) is 2.51. The van der Waals surface area contributed by atoms with Gasteiger partial charge in [0.05, 0.1) is 0 Å². The zero-order chi connectivity index (χ0) is 14.1. The molecule has 0 saturated heterocycles. The van der Waals surface area contributed by atoms with E-state index in [1.165, 1.54) is 38.5 Å². The minimum atomic E-state index is 0.835. The average molecular weight is 257 g/mol. The van der Waals surface area contributed by atoms with Crippen molar-refractivity contribution in [2.24, 2.45) is 11.8 Å². The molecule has 19 heavy (non-hydrogen) atoms. The Morgan fingerprint density at radius 3 is 2.21 bits per heavy atom. The molecule has 1 aliphatic rings. The highest BCUT2D eigenvalue weighted by Gasteiger charge is 2.25. The van der Waals surface area contributed by atoms with Crippen LogP contribution in [0.1, 0.15) is 63.9 Å². The number of benzene rings is 1. The molecule has 0 heterocycles. The van der Waals surface area contributed by atoms with E-state index in [-0.39, 0.29) is 0 Å². The van der Waals surface area contributed by atoms with Crippen LogP contribution in [0.25, 0.3) is 0 Å². The third-order valence-electron chi connectivity index (χ3n) is 4.59. The van der Waals surface area contributed by atoms with Crippen molar-refractivity contribution in [3.8, 4) is 6.57 Å². The van der Waals surface area contributed by atoms with Gasteiger partial charge in [-0.3, -0.25) is 0 Å². The molecule has 1 fully saturated rings. The Hall–Kier alpha value is -1.29. The van der Waals surface area contributed by atoms with Gasteiger partial charge in [-0.15, -0.1) is 0 Å². The van der Waals surface area contributed by atoms with Gasteiger partial charge in [-0.25, -0.2) is 5.26 Å². The quantitative estimate of drug-likeness (QED) is 0.695. The van der Waals surface area contributed by atoms with E-state index >= 15 is 0 Å². The van der Waals surface area contributed by atoms with E-state index in [0.29, 0.717) is 0 Å². The molecular weight excluding hydrogens is 230 g/mol. The molecule has 0 bridgehead atoms. The summed E-state index contributed by atoms with van der Waals surface area (Å²) in [6.07, 6.45) is 8.47. The van der Waals surface area contributed by atoms with E-state index in [2.05, 4.69) is 50.8 Å². The zero-order valence-corrected chi connectivity index (χ0v) is 12.4. The second-order valence-electron chi connectivity index (χ2n) is 5.79. The minimum Gasteiger partial charge on any atom is -0.202 e. The Morgan fingerprint density at radius 2 is 1.68 bits per heavy atom. The van der Waals surface area contributed by atoms with Crippen LogP contribution < -0.4 is 0 Å². The van der Waals surface area contributed by atoms with Crippen LogP contribution in [0.3, 0.4) is 0 Å². The van der Waals surface area contributed by atoms with Crippen LogP contribution >= 0.6 is 0 Å². The SMILES string of the molecule is C#N.CCCC(C)C1CCC(c2ccccc2)CC1. The largest absolute Gasteiger partial charge is 0.202 e. The second-order valence-corrected chi connectivity index (χ2v) is 5.79. The van der Waals surface area contributed by atoms with Crippen LogP contribution in [0.4, 0.5) is 0 Å². The van der Waals surface area contributed by atoms with Crippen molar-refractivity contribution in [2.45, 2.75) is 58.3 Å². The lowest BCUT2D eigenvalue weighted by Crippen LogP contribution is -2.19. The summed E-state index contributed by atoms with van der Waals surface area (Å²) >= 11 is 0. The van der Waals surface area contributed by atoms with Crippen LogP contribution in [0.5, 0.6) is 0 Å². The molecule has 1 saturated carbocycles. The fourth-order valence-electron chi connectivity index (χ4n) is 3.44. The molecule has 0 amide bonds. The summed E-state index contributed by atoms with van der Waals surface area (Å²) in [5, 5.41) is 6.50. The normalized spacial score (nSPS) is 24.0. The first-order chi connectivity index (χ1) is 9.31. The Kier molecular flexibility index (Phi) is 7.26. The number of rotatable bonds is 4. The molecule has 1 aromatic rings. The van der Waals surface area contributed by atoms with Gasteiger partial charge in [0.15, 0.2) is 0 Å². The molecule has 1 heteroatoms. The maximum Gasteiger partial charge on any atom is 0.0462 e. The van der Waals surface area contributed by atoms with E-state index in [0.717, 1.165) is 17.8 Å². The number of hydrogen-bond donors (Lipinski definition) is 0. The second kappa shape index (κ2) is 8.75. The van der Waals surface area contributed by atoms with E-state index in [9.17, 15) is 0 Å². The lowest BCUT2D eigenvalue weighted by atomic mass is 9.73. The first-order valence-electron chi connectivity index (χ1n) is 7.62. The van der Waals surface area contributed by atoms with Gasteiger partial charge >= 0.3 is 0 Å². The molecule has 0 radical (unpaired) electrons.